The van der Waals surface area contributed by atoms with Crippen molar-refractivity contribution >= 4 is 17.8 Å². The molecule has 0 aromatic rings. The number of carbonyl (C=O) groups excluding carboxylic acids is 2. The third-order valence-corrected chi connectivity index (χ3v) is 4.50. The SMILES string of the molecule is COC[C@@H](NC(=O)[C@@H](N)CC(=O)O)C(=O)OC1CCCC1C(C)(C)C. The number of hydrogen-bond donors (Lipinski definition) is 3. The number of nitrogens with one attached hydrogen (secondary N) is 1. The number of rotatable bonds is 8. The largest absolute Gasteiger partial charge is 0.481 e. The van der Waals surface area contributed by atoms with Gasteiger partial charge in [0.25, 0.3) is 0 Å². The molecule has 8 heteroatoms. The molecule has 1 aliphatic carbocycles. The first kappa shape index (κ1) is 21.4. The van der Waals surface area contributed by atoms with E-state index in [0.29, 0.717) is 0 Å². The molecule has 0 heterocycles. The molecule has 1 rings (SSSR count). The summed E-state index contributed by atoms with van der Waals surface area (Å²) in [7, 11) is 1.40. The third kappa shape index (κ3) is 6.62. The minimum absolute atomic E-state index is 0.0191. The summed E-state index contributed by atoms with van der Waals surface area (Å²) in [5.74, 6) is -2.24. The van der Waals surface area contributed by atoms with Gasteiger partial charge < -0.3 is 25.6 Å². The second-order valence-electron chi connectivity index (χ2n) is 7.60. The van der Waals surface area contributed by atoms with Gasteiger partial charge in [0.1, 0.15) is 6.10 Å². The first-order valence-electron chi connectivity index (χ1n) is 8.53. The molecule has 144 valence electrons. The van der Waals surface area contributed by atoms with Gasteiger partial charge in [0.15, 0.2) is 6.04 Å². The molecule has 0 spiro atoms. The fraction of sp³-hybridized carbons (Fsp3) is 0.824. The first-order chi connectivity index (χ1) is 11.6. The number of nitrogens with two attached hydrogens (primary N) is 1. The lowest BCUT2D eigenvalue weighted by atomic mass is 9.78. The third-order valence-electron chi connectivity index (χ3n) is 4.50. The molecular weight excluding hydrogens is 328 g/mol. The predicted octanol–water partition coefficient (Wildman–Crippen LogP) is 0.678. The van der Waals surface area contributed by atoms with E-state index >= 15 is 0 Å². The Balaban J connectivity index is 2.70. The number of carboxylic acid groups (broad SMARTS) is 1. The molecule has 4 atom stereocenters. The highest BCUT2D eigenvalue weighted by Crippen LogP contribution is 2.41. The van der Waals surface area contributed by atoms with Crippen molar-refractivity contribution in [3.8, 4) is 0 Å². The van der Waals surface area contributed by atoms with Crippen molar-refractivity contribution in [2.24, 2.45) is 17.1 Å². The normalized spacial score (nSPS) is 22.9. The van der Waals surface area contributed by atoms with Gasteiger partial charge >= 0.3 is 11.9 Å². The summed E-state index contributed by atoms with van der Waals surface area (Å²) in [5.41, 5.74) is 5.54. The summed E-state index contributed by atoms with van der Waals surface area (Å²) in [6.45, 7) is 6.27. The van der Waals surface area contributed by atoms with Crippen LogP contribution in [0, 0.1) is 11.3 Å². The van der Waals surface area contributed by atoms with Crippen molar-refractivity contribution in [1.82, 2.24) is 5.32 Å². The minimum atomic E-state index is -1.24. The Bertz CT molecular complexity index is 488. The molecular formula is C17H30N2O6. The summed E-state index contributed by atoms with van der Waals surface area (Å²) in [6, 6.07) is -2.25. The topological polar surface area (TPSA) is 128 Å². The Morgan fingerprint density at radius 2 is 1.92 bits per heavy atom. The number of hydrogen-bond acceptors (Lipinski definition) is 6. The maximum atomic E-state index is 12.5. The van der Waals surface area contributed by atoms with Crippen LogP contribution in [0.3, 0.4) is 0 Å². The van der Waals surface area contributed by atoms with Crippen LogP contribution in [-0.4, -0.2) is 54.9 Å². The molecule has 1 amide bonds. The number of esters is 1. The van der Waals surface area contributed by atoms with Gasteiger partial charge in [0.05, 0.1) is 19.1 Å². The van der Waals surface area contributed by atoms with Crippen LogP contribution in [0.1, 0.15) is 46.5 Å². The Morgan fingerprint density at radius 3 is 2.44 bits per heavy atom. The van der Waals surface area contributed by atoms with Crippen molar-refractivity contribution in [1.29, 1.82) is 0 Å². The van der Waals surface area contributed by atoms with Crippen molar-refractivity contribution in [2.75, 3.05) is 13.7 Å². The monoisotopic (exact) mass is 358 g/mol. The first-order valence-corrected chi connectivity index (χ1v) is 8.53. The van der Waals surface area contributed by atoms with Gasteiger partial charge in [-0.3, -0.25) is 9.59 Å². The van der Waals surface area contributed by atoms with Gasteiger partial charge in [-0.05, 0) is 24.7 Å². The summed E-state index contributed by atoms with van der Waals surface area (Å²) < 4.78 is 10.6. The highest BCUT2D eigenvalue weighted by atomic mass is 16.5. The van der Waals surface area contributed by atoms with E-state index in [2.05, 4.69) is 26.1 Å². The lowest BCUT2D eigenvalue weighted by Gasteiger charge is -2.32. The zero-order chi connectivity index (χ0) is 19.2. The van der Waals surface area contributed by atoms with Crippen LogP contribution in [0.4, 0.5) is 0 Å². The molecule has 1 fully saturated rings. The second-order valence-corrected chi connectivity index (χ2v) is 7.60. The highest BCUT2D eigenvalue weighted by Gasteiger charge is 2.39. The fourth-order valence-electron chi connectivity index (χ4n) is 3.18. The van der Waals surface area contributed by atoms with E-state index in [1.165, 1.54) is 7.11 Å². The van der Waals surface area contributed by atoms with Crippen molar-refractivity contribution in [3.05, 3.63) is 0 Å². The van der Waals surface area contributed by atoms with Crippen LogP contribution >= 0.6 is 0 Å². The standard InChI is InChI=1S/C17H30N2O6/c1-17(2,3)10-6-5-7-13(10)25-16(23)12(9-24-4)19-15(22)11(18)8-14(20)21/h10-13H,5-9,18H2,1-4H3,(H,19,22)(H,20,21)/t10?,11-,12+,13?/m0/s1. The zero-order valence-corrected chi connectivity index (χ0v) is 15.4. The van der Waals surface area contributed by atoms with Gasteiger partial charge in [-0.2, -0.15) is 0 Å². The summed E-state index contributed by atoms with van der Waals surface area (Å²) in [6.07, 6.45) is 2.06. The van der Waals surface area contributed by atoms with E-state index in [0.717, 1.165) is 19.3 Å². The van der Waals surface area contributed by atoms with E-state index in [1.807, 2.05) is 0 Å². The molecule has 1 aliphatic rings. The number of carboxylic acids is 1. The molecule has 0 bridgehead atoms. The lowest BCUT2D eigenvalue weighted by molar-refractivity contribution is -0.158. The minimum Gasteiger partial charge on any atom is -0.481 e. The lowest BCUT2D eigenvalue weighted by Crippen LogP contribution is -2.52. The van der Waals surface area contributed by atoms with Gasteiger partial charge in [-0.15, -0.1) is 0 Å². The highest BCUT2D eigenvalue weighted by molar-refractivity contribution is 5.89. The van der Waals surface area contributed by atoms with E-state index in [-0.39, 0.29) is 24.0 Å². The quantitative estimate of drug-likeness (QED) is 0.544. The van der Waals surface area contributed by atoms with Gasteiger partial charge in [0, 0.05) is 13.0 Å². The molecule has 4 N–H and O–H groups in total. The maximum absolute atomic E-state index is 12.5. The van der Waals surface area contributed by atoms with Crippen LogP contribution < -0.4 is 11.1 Å². The molecule has 0 aliphatic heterocycles. The van der Waals surface area contributed by atoms with Crippen LogP contribution in [-0.2, 0) is 23.9 Å². The van der Waals surface area contributed by atoms with Gasteiger partial charge in [-0.25, -0.2) is 4.79 Å². The van der Waals surface area contributed by atoms with Crippen LogP contribution in [0.2, 0.25) is 0 Å². The van der Waals surface area contributed by atoms with Crippen LogP contribution in [0.15, 0.2) is 0 Å². The van der Waals surface area contributed by atoms with Gasteiger partial charge in [-0.1, -0.05) is 20.8 Å². The second kappa shape index (κ2) is 9.15. The summed E-state index contributed by atoms with van der Waals surface area (Å²) in [4.78, 5) is 35.1. The summed E-state index contributed by atoms with van der Waals surface area (Å²) >= 11 is 0. The van der Waals surface area contributed by atoms with E-state index in [9.17, 15) is 14.4 Å². The van der Waals surface area contributed by atoms with Gasteiger partial charge in [0.2, 0.25) is 5.91 Å². The van der Waals surface area contributed by atoms with E-state index in [1.54, 1.807) is 0 Å². The van der Waals surface area contributed by atoms with Crippen molar-refractivity contribution < 1.29 is 29.0 Å². The number of ether oxygens (including phenoxy) is 2. The molecule has 0 saturated heterocycles. The molecule has 0 aromatic heterocycles. The Morgan fingerprint density at radius 1 is 1.28 bits per heavy atom. The predicted molar refractivity (Wildman–Crippen MR) is 90.7 cm³/mol. The smallest absolute Gasteiger partial charge is 0.331 e. The Hall–Kier alpha value is -1.67. The number of aliphatic carboxylic acids is 1. The van der Waals surface area contributed by atoms with Crippen molar-refractivity contribution in [3.63, 3.8) is 0 Å². The molecule has 0 aromatic carbocycles. The molecule has 1 saturated carbocycles. The van der Waals surface area contributed by atoms with Crippen molar-refractivity contribution in [2.45, 2.75) is 64.6 Å². The zero-order valence-electron chi connectivity index (χ0n) is 15.4. The average Bonchev–Trinajstić information content (AvgIpc) is 2.94. The van der Waals surface area contributed by atoms with Crippen LogP contribution in [0.25, 0.3) is 0 Å². The Labute approximate surface area is 148 Å². The van der Waals surface area contributed by atoms with E-state index in [4.69, 9.17) is 20.3 Å². The number of methoxy groups -OCH3 is 1. The molecule has 2 unspecified atom stereocenters. The molecule has 8 nitrogen and oxygen atoms in total. The summed E-state index contributed by atoms with van der Waals surface area (Å²) in [5, 5.41) is 11.1. The fourth-order valence-corrected chi connectivity index (χ4v) is 3.18. The van der Waals surface area contributed by atoms with E-state index < -0.39 is 36.4 Å². The number of carbonyl (C=O) groups is 3. The maximum Gasteiger partial charge on any atom is 0.331 e. The Kier molecular flexibility index (Phi) is 7.82. The molecule has 25 heavy (non-hydrogen) atoms. The number of amides is 1. The molecule has 0 radical (unpaired) electrons. The van der Waals surface area contributed by atoms with Crippen LogP contribution in [0.5, 0.6) is 0 Å². The average molecular weight is 358 g/mol.